The van der Waals surface area contributed by atoms with Crippen molar-refractivity contribution in [3.8, 4) is 0 Å². The van der Waals surface area contributed by atoms with Crippen molar-refractivity contribution in [2.75, 3.05) is 18.1 Å². The first-order valence-corrected chi connectivity index (χ1v) is 6.13. The normalized spacial score (nSPS) is 16.7. The number of nitrogens with zero attached hydrogens (tertiary/aromatic N) is 2. The van der Waals surface area contributed by atoms with Gasteiger partial charge in [0.2, 0.25) is 0 Å². The molecule has 1 aromatic rings. The fraction of sp³-hybridized carbons (Fsp3) is 0.500. The molecule has 1 aliphatic heterocycles. The Morgan fingerprint density at radius 1 is 1.33 bits per heavy atom. The summed E-state index contributed by atoms with van der Waals surface area (Å²) >= 11 is 2.14. The molecule has 0 spiro atoms. The van der Waals surface area contributed by atoms with Gasteiger partial charge in [-0.1, -0.05) is 0 Å². The van der Waals surface area contributed by atoms with Gasteiger partial charge < -0.3 is 10.1 Å². The second kappa shape index (κ2) is 4.42. The fourth-order valence-electron chi connectivity index (χ4n) is 1.91. The number of carboxylic acids is 1. The number of carbonyl (C=O) groups is 1. The molecule has 0 radical (unpaired) electrons. The number of carboxylic acid groups (broad SMARTS) is 1. The first-order valence-electron chi connectivity index (χ1n) is 5.05. The Kier molecular flexibility index (Phi) is 3.18. The molecule has 0 bridgehead atoms. The van der Waals surface area contributed by atoms with E-state index in [-0.39, 0.29) is 0 Å². The smallest absolute Gasteiger partial charge is 0.354 e. The van der Waals surface area contributed by atoms with E-state index in [9.17, 15) is 4.79 Å². The summed E-state index contributed by atoms with van der Waals surface area (Å²) in [5.41, 5.74) is 0.362. The molecule has 0 amide bonds. The number of hydrogen-bond donors (Lipinski definition) is 1. The SMILES string of the molecule is O=C(O)c1cc(I)cn1N1CCCCC1. The summed E-state index contributed by atoms with van der Waals surface area (Å²) in [6.45, 7) is 1.90. The van der Waals surface area contributed by atoms with Crippen molar-refractivity contribution in [2.45, 2.75) is 19.3 Å². The molecule has 0 unspecified atom stereocenters. The van der Waals surface area contributed by atoms with E-state index in [1.807, 2.05) is 6.20 Å². The highest BCUT2D eigenvalue weighted by molar-refractivity contribution is 14.1. The van der Waals surface area contributed by atoms with E-state index in [0.29, 0.717) is 5.69 Å². The molecule has 4 nitrogen and oxygen atoms in total. The summed E-state index contributed by atoms with van der Waals surface area (Å²) in [5, 5.41) is 11.2. The minimum atomic E-state index is -0.858. The highest BCUT2D eigenvalue weighted by Crippen LogP contribution is 2.15. The maximum Gasteiger partial charge on any atom is 0.354 e. The minimum absolute atomic E-state index is 0.362. The van der Waals surface area contributed by atoms with Crippen LogP contribution < -0.4 is 5.01 Å². The van der Waals surface area contributed by atoms with Crippen molar-refractivity contribution in [3.63, 3.8) is 0 Å². The summed E-state index contributed by atoms with van der Waals surface area (Å²) < 4.78 is 2.75. The van der Waals surface area contributed by atoms with E-state index in [2.05, 4.69) is 27.6 Å². The third kappa shape index (κ3) is 2.27. The van der Waals surface area contributed by atoms with Gasteiger partial charge in [0.15, 0.2) is 0 Å². The van der Waals surface area contributed by atoms with Crippen LogP contribution in [-0.2, 0) is 0 Å². The zero-order valence-corrected chi connectivity index (χ0v) is 10.5. The fourth-order valence-corrected chi connectivity index (χ4v) is 2.47. The van der Waals surface area contributed by atoms with Gasteiger partial charge >= 0.3 is 5.97 Å². The Bertz CT molecular complexity index is 369. The number of aromatic nitrogens is 1. The van der Waals surface area contributed by atoms with Crippen LogP contribution in [0.2, 0.25) is 0 Å². The Hall–Kier alpha value is -0.720. The molecular weight excluding hydrogens is 307 g/mol. The van der Waals surface area contributed by atoms with Crippen molar-refractivity contribution >= 4 is 28.6 Å². The highest BCUT2D eigenvalue weighted by atomic mass is 127. The predicted molar refractivity (Wildman–Crippen MR) is 65.9 cm³/mol. The number of aromatic carboxylic acids is 1. The van der Waals surface area contributed by atoms with E-state index < -0.39 is 5.97 Å². The molecule has 15 heavy (non-hydrogen) atoms. The molecule has 2 rings (SSSR count). The molecule has 0 atom stereocenters. The van der Waals surface area contributed by atoms with Gasteiger partial charge in [0.25, 0.3) is 0 Å². The van der Waals surface area contributed by atoms with Gasteiger partial charge in [-0.25, -0.2) is 4.79 Å². The van der Waals surface area contributed by atoms with Gasteiger partial charge in [-0.3, -0.25) is 4.68 Å². The Morgan fingerprint density at radius 3 is 2.60 bits per heavy atom. The largest absolute Gasteiger partial charge is 0.477 e. The molecular formula is C10H13IN2O2. The molecule has 1 aromatic heterocycles. The molecule has 5 heteroatoms. The van der Waals surface area contributed by atoms with Gasteiger partial charge in [0.05, 0.1) is 0 Å². The van der Waals surface area contributed by atoms with Crippen molar-refractivity contribution in [2.24, 2.45) is 0 Å². The van der Waals surface area contributed by atoms with Crippen molar-refractivity contribution in [1.29, 1.82) is 0 Å². The van der Waals surface area contributed by atoms with Crippen LogP contribution in [0.25, 0.3) is 0 Å². The molecule has 82 valence electrons. The third-order valence-corrected chi connectivity index (χ3v) is 3.21. The van der Waals surface area contributed by atoms with Crippen molar-refractivity contribution in [1.82, 2.24) is 4.68 Å². The average Bonchev–Trinajstić information content (AvgIpc) is 2.62. The Labute approximate surface area is 102 Å². The van der Waals surface area contributed by atoms with Gasteiger partial charge in [-0.2, -0.15) is 0 Å². The number of rotatable bonds is 2. The zero-order chi connectivity index (χ0) is 10.8. The monoisotopic (exact) mass is 320 g/mol. The van der Waals surface area contributed by atoms with Crippen LogP contribution in [0.1, 0.15) is 29.8 Å². The lowest BCUT2D eigenvalue weighted by Gasteiger charge is -2.30. The first-order chi connectivity index (χ1) is 7.18. The van der Waals surface area contributed by atoms with E-state index in [1.54, 1.807) is 10.7 Å². The molecule has 1 N–H and O–H groups in total. The lowest BCUT2D eigenvalue weighted by atomic mass is 10.2. The van der Waals surface area contributed by atoms with E-state index >= 15 is 0 Å². The minimum Gasteiger partial charge on any atom is -0.477 e. The van der Waals surface area contributed by atoms with Crippen LogP contribution in [0.4, 0.5) is 0 Å². The van der Waals surface area contributed by atoms with Crippen LogP contribution in [0.15, 0.2) is 12.3 Å². The maximum absolute atomic E-state index is 11.0. The standard InChI is InChI=1S/C10H13IN2O2/c11-8-6-9(10(14)15)13(7-8)12-4-2-1-3-5-12/h6-7H,1-5H2,(H,14,15). The molecule has 1 aliphatic rings. The van der Waals surface area contributed by atoms with Crippen LogP contribution in [-0.4, -0.2) is 28.8 Å². The lowest BCUT2D eigenvalue weighted by Crippen LogP contribution is -2.40. The summed E-state index contributed by atoms with van der Waals surface area (Å²) in [4.78, 5) is 11.0. The lowest BCUT2D eigenvalue weighted by molar-refractivity contribution is 0.0684. The van der Waals surface area contributed by atoms with Gasteiger partial charge in [-0.15, -0.1) is 0 Å². The molecule has 1 saturated heterocycles. The quantitative estimate of drug-likeness (QED) is 0.847. The molecule has 2 heterocycles. The van der Waals surface area contributed by atoms with Crippen LogP contribution in [0.3, 0.4) is 0 Å². The summed E-state index contributed by atoms with van der Waals surface area (Å²) in [6.07, 6.45) is 5.42. The van der Waals surface area contributed by atoms with Crippen LogP contribution in [0, 0.1) is 3.57 Å². The highest BCUT2D eigenvalue weighted by Gasteiger charge is 2.17. The Morgan fingerprint density at radius 2 is 2.00 bits per heavy atom. The van der Waals surface area contributed by atoms with Crippen LogP contribution in [0.5, 0.6) is 0 Å². The average molecular weight is 320 g/mol. The molecule has 0 saturated carbocycles. The van der Waals surface area contributed by atoms with Gasteiger partial charge in [-0.05, 0) is 47.9 Å². The second-order valence-corrected chi connectivity index (χ2v) is 4.95. The number of halogens is 1. The van der Waals surface area contributed by atoms with Crippen LogP contribution >= 0.6 is 22.6 Å². The van der Waals surface area contributed by atoms with Gasteiger partial charge in [0, 0.05) is 22.9 Å². The third-order valence-electron chi connectivity index (χ3n) is 2.62. The molecule has 0 aromatic carbocycles. The zero-order valence-electron chi connectivity index (χ0n) is 8.32. The topological polar surface area (TPSA) is 45.5 Å². The number of piperidine rings is 1. The van der Waals surface area contributed by atoms with Gasteiger partial charge in [0.1, 0.15) is 5.69 Å². The summed E-state index contributed by atoms with van der Waals surface area (Å²) in [6, 6.07) is 1.71. The Balaban J connectivity index is 2.28. The molecule has 0 aliphatic carbocycles. The predicted octanol–water partition coefficient (Wildman–Crippen LogP) is 1.91. The van der Waals surface area contributed by atoms with E-state index in [4.69, 9.17) is 5.11 Å². The maximum atomic E-state index is 11.0. The summed E-state index contributed by atoms with van der Waals surface area (Å²) in [7, 11) is 0. The molecule has 1 fully saturated rings. The first kappa shape index (κ1) is 10.8. The summed E-state index contributed by atoms with van der Waals surface area (Å²) in [5.74, 6) is -0.858. The number of hydrogen-bond acceptors (Lipinski definition) is 2. The van der Waals surface area contributed by atoms with E-state index in [1.165, 1.54) is 6.42 Å². The van der Waals surface area contributed by atoms with Crippen molar-refractivity contribution in [3.05, 3.63) is 21.5 Å². The van der Waals surface area contributed by atoms with E-state index in [0.717, 1.165) is 29.5 Å². The van der Waals surface area contributed by atoms with Crippen molar-refractivity contribution < 1.29 is 9.90 Å². The second-order valence-electron chi connectivity index (χ2n) is 3.71.